The van der Waals surface area contributed by atoms with Gasteiger partial charge in [0.1, 0.15) is 5.75 Å². The highest BCUT2D eigenvalue weighted by atomic mass is 32.1. The lowest BCUT2D eigenvalue weighted by Gasteiger charge is -2.19. The number of benzene rings is 1. The van der Waals surface area contributed by atoms with Crippen molar-refractivity contribution in [1.29, 1.82) is 0 Å². The van der Waals surface area contributed by atoms with Crippen molar-refractivity contribution >= 4 is 27.3 Å². The van der Waals surface area contributed by atoms with Crippen LogP contribution in [0.3, 0.4) is 0 Å². The Morgan fingerprint density at radius 1 is 1.20 bits per heavy atom. The van der Waals surface area contributed by atoms with E-state index in [-0.39, 0.29) is 11.8 Å². The number of nitrogens with one attached hydrogen (secondary N) is 1. The van der Waals surface area contributed by atoms with Gasteiger partial charge in [-0.25, -0.2) is 0 Å². The zero-order valence-electron chi connectivity index (χ0n) is 13.9. The lowest BCUT2D eigenvalue weighted by atomic mass is 9.89. The third kappa shape index (κ3) is 3.21. The fraction of sp³-hybridized carbons (Fsp3) is 0.412. The normalized spacial score (nSPS) is 15.4. The summed E-state index contributed by atoms with van der Waals surface area (Å²) in [5.74, 6) is 1.59. The van der Waals surface area contributed by atoms with Gasteiger partial charge in [-0.1, -0.05) is 30.6 Å². The molecule has 8 heteroatoms. The summed E-state index contributed by atoms with van der Waals surface area (Å²) < 4.78 is 6.85. The topological polar surface area (TPSA) is 81.4 Å². The predicted octanol–water partition coefficient (Wildman–Crippen LogP) is 3.38. The van der Waals surface area contributed by atoms with Crippen LogP contribution in [0.25, 0.3) is 16.3 Å². The zero-order chi connectivity index (χ0) is 17.2. The second-order valence-corrected chi connectivity index (χ2v) is 7.13. The van der Waals surface area contributed by atoms with E-state index in [1.165, 1.54) is 17.8 Å². The van der Waals surface area contributed by atoms with E-state index >= 15 is 0 Å². The number of fused-ring (bicyclic) bond motifs is 1. The molecule has 0 atom stereocenters. The van der Waals surface area contributed by atoms with Crippen molar-refractivity contribution in [2.75, 3.05) is 12.4 Å². The summed E-state index contributed by atoms with van der Waals surface area (Å²) in [5.41, 5.74) is 0.892. The first kappa shape index (κ1) is 16.0. The quantitative estimate of drug-likeness (QED) is 0.774. The van der Waals surface area contributed by atoms with Crippen LogP contribution in [0, 0.1) is 5.92 Å². The van der Waals surface area contributed by atoms with Crippen LogP contribution < -0.4 is 10.1 Å². The molecule has 0 spiro atoms. The maximum Gasteiger partial charge on any atom is 0.236 e. The summed E-state index contributed by atoms with van der Waals surface area (Å²) in [5, 5.41) is 16.3. The van der Waals surface area contributed by atoms with Gasteiger partial charge in [-0.05, 0) is 37.1 Å². The van der Waals surface area contributed by atoms with E-state index in [2.05, 4.69) is 20.6 Å². The first-order valence-electron chi connectivity index (χ1n) is 8.42. The van der Waals surface area contributed by atoms with Gasteiger partial charge in [-0.15, -0.1) is 15.3 Å². The SMILES string of the molecule is COc1ccc(-c2nnc3sc(NC(=O)C4CCCCC4)nn23)cc1. The van der Waals surface area contributed by atoms with Crippen LogP contribution in [0.15, 0.2) is 24.3 Å². The fourth-order valence-corrected chi connectivity index (χ4v) is 3.90. The van der Waals surface area contributed by atoms with Crippen LogP contribution in [0.4, 0.5) is 5.13 Å². The van der Waals surface area contributed by atoms with E-state index in [0.29, 0.717) is 15.9 Å². The van der Waals surface area contributed by atoms with Crippen LogP contribution in [0.2, 0.25) is 0 Å². The van der Waals surface area contributed by atoms with E-state index in [4.69, 9.17) is 4.74 Å². The average molecular weight is 357 g/mol. The molecule has 1 aliphatic carbocycles. The highest BCUT2D eigenvalue weighted by Crippen LogP contribution is 2.28. The molecule has 2 aromatic heterocycles. The van der Waals surface area contributed by atoms with Crippen LogP contribution in [0.1, 0.15) is 32.1 Å². The number of anilines is 1. The van der Waals surface area contributed by atoms with E-state index < -0.39 is 0 Å². The molecule has 1 fully saturated rings. The van der Waals surface area contributed by atoms with E-state index in [1.54, 1.807) is 11.6 Å². The Morgan fingerprint density at radius 3 is 2.68 bits per heavy atom. The van der Waals surface area contributed by atoms with Gasteiger partial charge in [0.2, 0.25) is 16.0 Å². The number of amides is 1. The van der Waals surface area contributed by atoms with Gasteiger partial charge >= 0.3 is 0 Å². The smallest absolute Gasteiger partial charge is 0.236 e. The zero-order valence-corrected chi connectivity index (χ0v) is 14.8. The molecule has 1 aromatic carbocycles. The lowest BCUT2D eigenvalue weighted by Crippen LogP contribution is -2.24. The van der Waals surface area contributed by atoms with E-state index in [1.807, 2.05) is 24.3 Å². The molecule has 130 valence electrons. The Kier molecular flexibility index (Phi) is 4.35. The number of hydrogen-bond donors (Lipinski definition) is 1. The predicted molar refractivity (Wildman–Crippen MR) is 95.9 cm³/mol. The molecule has 1 saturated carbocycles. The van der Waals surface area contributed by atoms with Crippen LogP contribution in [0.5, 0.6) is 5.75 Å². The van der Waals surface area contributed by atoms with Gasteiger partial charge < -0.3 is 10.1 Å². The molecule has 0 radical (unpaired) electrons. The number of rotatable bonds is 4. The summed E-state index contributed by atoms with van der Waals surface area (Å²) in [6.07, 6.45) is 5.42. The maximum absolute atomic E-state index is 12.4. The Bertz CT molecular complexity index is 880. The van der Waals surface area contributed by atoms with Crippen molar-refractivity contribution in [3.63, 3.8) is 0 Å². The molecule has 4 rings (SSSR count). The molecule has 0 bridgehead atoms. The number of methoxy groups -OCH3 is 1. The van der Waals surface area contributed by atoms with Crippen molar-refractivity contribution in [3.8, 4) is 17.1 Å². The Balaban J connectivity index is 1.56. The van der Waals surface area contributed by atoms with Gasteiger partial charge in [0.15, 0.2) is 5.82 Å². The second-order valence-electron chi connectivity index (χ2n) is 6.18. The summed E-state index contributed by atoms with van der Waals surface area (Å²) in [4.78, 5) is 13.0. The highest BCUT2D eigenvalue weighted by Gasteiger charge is 2.23. The minimum Gasteiger partial charge on any atom is -0.497 e. The molecule has 0 unspecified atom stereocenters. The molecule has 1 aliphatic rings. The lowest BCUT2D eigenvalue weighted by molar-refractivity contribution is -0.120. The number of carbonyl (C=O) groups is 1. The number of carbonyl (C=O) groups excluding carboxylic acids is 1. The Morgan fingerprint density at radius 2 is 1.96 bits per heavy atom. The molecule has 3 aromatic rings. The summed E-state index contributed by atoms with van der Waals surface area (Å²) in [7, 11) is 1.63. The molecule has 1 amide bonds. The first-order valence-corrected chi connectivity index (χ1v) is 9.24. The van der Waals surface area contributed by atoms with Crippen molar-refractivity contribution in [2.24, 2.45) is 5.92 Å². The minimum atomic E-state index is 0.0654. The average Bonchev–Trinajstić information content (AvgIpc) is 3.22. The monoisotopic (exact) mass is 357 g/mol. The molecular weight excluding hydrogens is 338 g/mol. The summed E-state index contributed by atoms with van der Waals surface area (Å²) in [6.45, 7) is 0. The van der Waals surface area contributed by atoms with E-state index in [9.17, 15) is 4.79 Å². The van der Waals surface area contributed by atoms with Gasteiger partial charge in [-0.3, -0.25) is 4.79 Å². The molecule has 0 aliphatic heterocycles. The number of aromatic nitrogens is 4. The first-order chi connectivity index (χ1) is 12.2. The number of hydrogen-bond acceptors (Lipinski definition) is 6. The van der Waals surface area contributed by atoms with Gasteiger partial charge in [0, 0.05) is 11.5 Å². The number of nitrogens with zero attached hydrogens (tertiary/aromatic N) is 4. The highest BCUT2D eigenvalue weighted by molar-refractivity contribution is 7.20. The maximum atomic E-state index is 12.4. The van der Waals surface area contributed by atoms with Crippen LogP contribution >= 0.6 is 11.3 Å². The van der Waals surface area contributed by atoms with Crippen molar-refractivity contribution in [3.05, 3.63) is 24.3 Å². The third-order valence-corrected chi connectivity index (χ3v) is 5.36. The van der Waals surface area contributed by atoms with Crippen molar-refractivity contribution < 1.29 is 9.53 Å². The molecule has 25 heavy (non-hydrogen) atoms. The van der Waals surface area contributed by atoms with Gasteiger partial charge in [0.25, 0.3) is 0 Å². The van der Waals surface area contributed by atoms with Crippen LogP contribution in [-0.2, 0) is 4.79 Å². The van der Waals surface area contributed by atoms with E-state index in [0.717, 1.165) is 37.0 Å². The fourth-order valence-electron chi connectivity index (χ4n) is 3.16. The van der Waals surface area contributed by atoms with Crippen molar-refractivity contribution in [2.45, 2.75) is 32.1 Å². The van der Waals surface area contributed by atoms with Gasteiger partial charge in [-0.2, -0.15) is 4.52 Å². The van der Waals surface area contributed by atoms with Crippen LogP contribution in [-0.4, -0.2) is 32.8 Å². The molecular formula is C17H19N5O2S. The molecule has 7 nitrogen and oxygen atoms in total. The largest absolute Gasteiger partial charge is 0.497 e. The molecule has 1 N–H and O–H groups in total. The van der Waals surface area contributed by atoms with Gasteiger partial charge in [0.05, 0.1) is 7.11 Å². The van der Waals surface area contributed by atoms with Crippen molar-refractivity contribution in [1.82, 2.24) is 19.8 Å². The minimum absolute atomic E-state index is 0.0654. The third-order valence-electron chi connectivity index (χ3n) is 4.55. The summed E-state index contributed by atoms with van der Waals surface area (Å²) >= 11 is 1.33. The summed E-state index contributed by atoms with van der Waals surface area (Å²) in [6, 6.07) is 7.56. The standard InChI is InChI=1S/C17H19N5O2S/c1-24-13-9-7-11(8-10-13)14-19-20-17-22(14)21-16(25-17)18-15(23)12-5-3-2-4-6-12/h7-10,12H,2-6H2,1H3,(H,18,21,23). The Labute approximate surface area is 149 Å². The second kappa shape index (κ2) is 6.79. The Hall–Kier alpha value is -2.48. The molecule has 0 saturated heterocycles. The number of ether oxygens (including phenoxy) is 1. The molecule has 2 heterocycles.